The highest BCUT2D eigenvalue weighted by Gasteiger charge is 2.93. The number of carbonyl (C=O) groups excluding carboxylic acids is 3. The van der Waals surface area contributed by atoms with Gasteiger partial charge in [0, 0.05) is 34.7 Å². The Kier molecular flexibility index (Phi) is 3.78. The zero-order chi connectivity index (χ0) is 24.8. The molecule has 0 radical (unpaired) electrons. The Morgan fingerprint density at radius 3 is 2.46 bits per heavy atom. The molecule has 1 aromatic rings. The number of aliphatic hydroxyl groups is 2. The molecule has 9 atom stereocenters. The number of esters is 2. The number of rotatable bonds is 1. The summed E-state index contributed by atoms with van der Waals surface area (Å²) in [4.78, 5) is 39.3. The van der Waals surface area contributed by atoms with E-state index in [1.807, 2.05) is 6.92 Å². The summed E-state index contributed by atoms with van der Waals surface area (Å²) in [6.45, 7) is 5.41. The number of carbonyl (C=O) groups is 3. The third kappa shape index (κ3) is 2.06. The fourth-order valence-corrected chi connectivity index (χ4v) is 9.67. The minimum atomic E-state index is -2.21. The Hall–Kier alpha value is -2.23. The average Bonchev–Trinajstić information content (AvgIpc) is 3.46. The second kappa shape index (κ2) is 6.01. The number of hydrogen-bond donors (Lipinski definition) is 2. The maximum Gasteiger partial charge on any atom is 0.306 e. The van der Waals surface area contributed by atoms with Gasteiger partial charge in [-0.15, -0.1) is 0 Å². The first-order chi connectivity index (χ1) is 16.4. The van der Waals surface area contributed by atoms with Gasteiger partial charge in [0.1, 0.15) is 12.7 Å². The normalized spacial score (nSPS) is 53.3. The molecule has 2 spiro atoms. The summed E-state index contributed by atoms with van der Waals surface area (Å²) in [6, 6.07) is 1.78. The van der Waals surface area contributed by atoms with Crippen LogP contribution in [0, 0.1) is 34.0 Å². The Labute approximate surface area is 202 Å². The first-order valence-corrected chi connectivity index (χ1v) is 12.4. The van der Waals surface area contributed by atoms with Crippen LogP contribution in [0.2, 0.25) is 0 Å². The fraction of sp³-hybridized carbons (Fsp3) is 0.731. The van der Waals surface area contributed by atoms with Crippen LogP contribution in [-0.4, -0.2) is 51.5 Å². The lowest BCUT2D eigenvalue weighted by Crippen LogP contribution is -2.81. The summed E-state index contributed by atoms with van der Waals surface area (Å²) < 4.78 is 23.3. The molecule has 2 N–H and O–H groups in total. The Morgan fingerprint density at radius 1 is 1.00 bits per heavy atom. The highest BCUT2D eigenvalue weighted by molar-refractivity contribution is 5.96. The first kappa shape index (κ1) is 22.0. The van der Waals surface area contributed by atoms with E-state index >= 15 is 0 Å². The molecular formula is C26H30O9. The van der Waals surface area contributed by atoms with Gasteiger partial charge >= 0.3 is 11.9 Å². The molecule has 2 bridgehead atoms. The summed E-state index contributed by atoms with van der Waals surface area (Å²) >= 11 is 0. The van der Waals surface area contributed by atoms with Gasteiger partial charge in [-0.25, -0.2) is 0 Å². The third-order valence-corrected chi connectivity index (χ3v) is 11.0. The smallest absolute Gasteiger partial charge is 0.306 e. The summed E-state index contributed by atoms with van der Waals surface area (Å²) in [7, 11) is 0. The van der Waals surface area contributed by atoms with Crippen molar-refractivity contribution in [3.63, 3.8) is 0 Å². The average molecular weight is 487 g/mol. The van der Waals surface area contributed by atoms with Gasteiger partial charge < -0.3 is 28.8 Å². The summed E-state index contributed by atoms with van der Waals surface area (Å²) in [5.74, 6) is -4.84. The van der Waals surface area contributed by atoms with Gasteiger partial charge in [0.25, 0.3) is 0 Å². The topological polar surface area (TPSA) is 132 Å². The van der Waals surface area contributed by atoms with Gasteiger partial charge in [-0.2, -0.15) is 0 Å². The molecule has 6 fully saturated rings. The molecule has 5 heterocycles. The summed E-state index contributed by atoms with van der Waals surface area (Å²) in [5, 5.41) is 24.3. The van der Waals surface area contributed by atoms with E-state index in [0.717, 1.165) is 5.56 Å². The lowest BCUT2D eigenvalue weighted by Gasteiger charge is -2.67. The fourth-order valence-electron chi connectivity index (χ4n) is 9.67. The van der Waals surface area contributed by atoms with Gasteiger partial charge in [-0.1, -0.05) is 20.8 Å². The summed E-state index contributed by atoms with van der Waals surface area (Å²) in [6.07, 6.45) is 3.71. The molecule has 2 saturated carbocycles. The molecule has 35 heavy (non-hydrogen) atoms. The number of fused-ring (bicyclic) bond motifs is 1. The first-order valence-electron chi connectivity index (χ1n) is 12.4. The van der Waals surface area contributed by atoms with E-state index in [0.29, 0.717) is 12.8 Å². The third-order valence-electron chi connectivity index (χ3n) is 11.0. The van der Waals surface area contributed by atoms with Gasteiger partial charge in [0.15, 0.2) is 11.4 Å². The van der Waals surface area contributed by atoms with Gasteiger partial charge in [0.2, 0.25) is 5.79 Å². The molecule has 188 valence electrons. The van der Waals surface area contributed by atoms with Crippen LogP contribution in [0.5, 0.6) is 0 Å². The Bertz CT molecular complexity index is 1170. The number of Topliss-reactive ketones (excluding diaryl/α,β-unsaturated/α-hetero) is 1. The van der Waals surface area contributed by atoms with Crippen LogP contribution >= 0.6 is 0 Å². The largest absolute Gasteiger partial charge is 0.472 e. The molecule has 0 amide bonds. The van der Waals surface area contributed by atoms with Crippen molar-refractivity contribution in [3.8, 4) is 0 Å². The van der Waals surface area contributed by atoms with Crippen LogP contribution in [-0.2, 0) is 28.6 Å². The van der Waals surface area contributed by atoms with Gasteiger partial charge in [0.05, 0.1) is 36.4 Å². The van der Waals surface area contributed by atoms with E-state index in [4.69, 9.17) is 18.6 Å². The molecule has 1 unspecified atom stereocenters. The maximum atomic E-state index is 13.9. The quantitative estimate of drug-likeness (QED) is 0.572. The van der Waals surface area contributed by atoms with Crippen molar-refractivity contribution < 1.29 is 43.2 Å². The van der Waals surface area contributed by atoms with Crippen molar-refractivity contribution >= 4 is 17.7 Å². The molecule has 4 saturated heterocycles. The molecule has 9 heteroatoms. The molecule has 9 nitrogen and oxygen atoms in total. The lowest BCUT2D eigenvalue weighted by molar-refractivity contribution is -0.338. The maximum absolute atomic E-state index is 13.9. The van der Waals surface area contributed by atoms with E-state index in [9.17, 15) is 24.6 Å². The second-order valence-corrected chi connectivity index (χ2v) is 12.5. The van der Waals surface area contributed by atoms with Crippen LogP contribution < -0.4 is 0 Å². The Balaban J connectivity index is 1.44. The molecule has 7 rings (SSSR count). The predicted octanol–water partition coefficient (Wildman–Crippen LogP) is 2.05. The number of hydrogen-bond acceptors (Lipinski definition) is 9. The van der Waals surface area contributed by atoms with Gasteiger partial charge in [-0.05, 0) is 24.8 Å². The SMILES string of the molecule is CC1(C)C(=O)[C@]2(O)C[C@@]34OC2(O)[C@]2(COC(=O)C[C@@H]12)[C@H]3CC[C@]1(C)[C@H]4CC(=O)O[C@H]1c1ccoc1. The lowest BCUT2D eigenvalue weighted by atomic mass is 9.35. The monoisotopic (exact) mass is 486 g/mol. The van der Waals surface area contributed by atoms with E-state index in [1.54, 1.807) is 26.2 Å². The molecule has 1 aromatic heterocycles. The van der Waals surface area contributed by atoms with Crippen LogP contribution in [0.3, 0.4) is 0 Å². The van der Waals surface area contributed by atoms with Crippen LogP contribution in [0.15, 0.2) is 23.0 Å². The number of furan rings is 1. The van der Waals surface area contributed by atoms with E-state index in [-0.39, 0.29) is 31.8 Å². The highest BCUT2D eigenvalue weighted by Crippen LogP contribution is 2.81. The molecule has 2 aliphatic carbocycles. The van der Waals surface area contributed by atoms with Crippen molar-refractivity contribution in [2.45, 2.75) is 76.0 Å². The van der Waals surface area contributed by atoms with Crippen molar-refractivity contribution in [3.05, 3.63) is 24.2 Å². The summed E-state index contributed by atoms with van der Waals surface area (Å²) in [5.41, 5.74) is -5.37. The minimum Gasteiger partial charge on any atom is -0.472 e. The van der Waals surface area contributed by atoms with Crippen LogP contribution in [0.25, 0.3) is 0 Å². The van der Waals surface area contributed by atoms with Crippen molar-refractivity contribution in [2.24, 2.45) is 34.0 Å². The van der Waals surface area contributed by atoms with Crippen molar-refractivity contribution in [1.82, 2.24) is 0 Å². The molecular weight excluding hydrogens is 456 g/mol. The minimum absolute atomic E-state index is 0.0330. The molecule has 0 aromatic carbocycles. The van der Waals surface area contributed by atoms with E-state index in [2.05, 4.69) is 0 Å². The van der Waals surface area contributed by atoms with Gasteiger partial charge in [-0.3, -0.25) is 14.4 Å². The van der Waals surface area contributed by atoms with E-state index in [1.165, 1.54) is 6.26 Å². The second-order valence-electron chi connectivity index (χ2n) is 12.5. The number of ether oxygens (including phenoxy) is 3. The zero-order valence-corrected chi connectivity index (χ0v) is 20.0. The standard InChI is InChI=1S/C26H30O9/c1-21(2)15-8-17(27)33-12-23(15)14-4-6-22(3)16(9-18(28)34-19(22)13-5-7-32-10-13)24(14)11-25(30,20(21)29)26(23,31)35-24/h5,7,10,14-16,19,30-31H,4,6,8-9,11-12H2,1-3H3/t14-,15+,16-,19+,22-,23-,24-,25-,26?/m1/s1. The number of cyclic esters (lactones) is 2. The van der Waals surface area contributed by atoms with E-state index < -0.39 is 68.9 Å². The zero-order valence-electron chi connectivity index (χ0n) is 20.0. The predicted molar refractivity (Wildman–Crippen MR) is 115 cm³/mol. The Morgan fingerprint density at radius 2 is 1.74 bits per heavy atom. The highest BCUT2D eigenvalue weighted by atomic mass is 16.7. The van der Waals surface area contributed by atoms with Crippen LogP contribution in [0.4, 0.5) is 0 Å². The molecule has 6 aliphatic rings. The molecule has 4 aliphatic heterocycles. The number of ketones is 1. The van der Waals surface area contributed by atoms with Crippen LogP contribution in [0.1, 0.15) is 64.5 Å². The van der Waals surface area contributed by atoms with Crippen molar-refractivity contribution in [2.75, 3.05) is 6.61 Å². The van der Waals surface area contributed by atoms with Crippen molar-refractivity contribution in [1.29, 1.82) is 0 Å².